The number of pyridine rings is 1. The molecule has 0 fully saturated rings. The minimum Gasteiger partial charge on any atom is -0.449 e. The van der Waals surface area contributed by atoms with Crippen LogP contribution in [0.3, 0.4) is 0 Å². The number of halogens is 1. The zero-order chi connectivity index (χ0) is 17.4. The lowest BCUT2D eigenvalue weighted by atomic mass is 10.1. The highest BCUT2D eigenvalue weighted by atomic mass is 35.5. The fourth-order valence-electron chi connectivity index (χ4n) is 2.56. The van der Waals surface area contributed by atoms with Gasteiger partial charge >= 0.3 is 0 Å². The molecule has 0 radical (unpaired) electrons. The summed E-state index contributed by atoms with van der Waals surface area (Å²) in [7, 11) is 0. The molecular formula is C18H12ClN3O2S. The smallest absolute Gasteiger partial charge is 0.293 e. The molecule has 1 aromatic carbocycles. The molecule has 1 amide bonds. The van der Waals surface area contributed by atoms with Gasteiger partial charge in [-0.3, -0.25) is 15.1 Å². The summed E-state index contributed by atoms with van der Waals surface area (Å²) < 4.78 is 5.68. The Bertz CT molecular complexity index is 1070. The molecule has 3 heterocycles. The van der Waals surface area contributed by atoms with Crippen molar-refractivity contribution >= 4 is 44.9 Å². The van der Waals surface area contributed by atoms with Crippen LogP contribution in [-0.4, -0.2) is 15.9 Å². The van der Waals surface area contributed by atoms with Gasteiger partial charge in [-0.1, -0.05) is 23.7 Å². The molecule has 0 aliphatic rings. The average molecular weight is 370 g/mol. The summed E-state index contributed by atoms with van der Waals surface area (Å²) in [6.45, 7) is 1.83. The van der Waals surface area contributed by atoms with Crippen molar-refractivity contribution in [3.63, 3.8) is 0 Å². The highest BCUT2D eigenvalue weighted by molar-refractivity contribution is 7.14. The maximum Gasteiger partial charge on any atom is 0.293 e. The highest BCUT2D eigenvalue weighted by Crippen LogP contribution is 2.31. The summed E-state index contributed by atoms with van der Waals surface area (Å²) in [5.74, 6) is -0.113. The van der Waals surface area contributed by atoms with Gasteiger partial charge in [0.05, 0.1) is 10.7 Å². The summed E-state index contributed by atoms with van der Waals surface area (Å²) in [6.07, 6.45) is 3.43. The second-order valence-electron chi connectivity index (χ2n) is 5.41. The van der Waals surface area contributed by atoms with Crippen LogP contribution in [0.5, 0.6) is 0 Å². The van der Waals surface area contributed by atoms with E-state index in [1.165, 1.54) is 11.3 Å². The molecule has 0 spiro atoms. The van der Waals surface area contributed by atoms with Crippen LogP contribution >= 0.6 is 22.9 Å². The number of nitrogens with one attached hydrogen (secondary N) is 1. The van der Waals surface area contributed by atoms with Crippen LogP contribution in [0.2, 0.25) is 5.02 Å². The van der Waals surface area contributed by atoms with Gasteiger partial charge in [-0.05, 0) is 25.1 Å². The van der Waals surface area contributed by atoms with Gasteiger partial charge < -0.3 is 4.42 Å². The van der Waals surface area contributed by atoms with E-state index in [0.29, 0.717) is 15.7 Å². The van der Waals surface area contributed by atoms with Gasteiger partial charge in [0.1, 0.15) is 0 Å². The maximum absolute atomic E-state index is 12.6. The normalized spacial score (nSPS) is 11.0. The quantitative estimate of drug-likeness (QED) is 0.541. The van der Waals surface area contributed by atoms with Crippen LogP contribution < -0.4 is 5.32 Å². The zero-order valence-electron chi connectivity index (χ0n) is 13.1. The van der Waals surface area contributed by atoms with E-state index in [1.54, 1.807) is 18.5 Å². The molecule has 25 heavy (non-hydrogen) atoms. The standard InChI is InChI=1S/C18H12ClN3O2S/c1-10-12-5-2-6-13(19)16(12)24-15(10)17(23)22-18-21-14(9-25-18)11-4-3-7-20-8-11/h2-9H,1H3,(H,21,22,23). The van der Waals surface area contributed by atoms with E-state index < -0.39 is 0 Å². The van der Waals surface area contributed by atoms with Crippen molar-refractivity contribution in [3.05, 3.63) is 64.5 Å². The van der Waals surface area contributed by atoms with Crippen LogP contribution in [-0.2, 0) is 0 Å². The minimum absolute atomic E-state index is 0.237. The van der Waals surface area contributed by atoms with Crippen molar-refractivity contribution in [2.45, 2.75) is 6.92 Å². The van der Waals surface area contributed by atoms with Crippen LogP contribution in [0, 0.1) is 6.92 Å². The zero-order valence-corrected chi connectivity index (χ0v) is 14.7. The van der Waals surface area contributed by atoms with Gasteiger partial charge in [0.15, 0.2) is 16.5 Å². The molecule has 3 aromatic heterocycles. The Hall–Kier alpha value is -2.70. The minimum atomic E-state index is -0.350. The van der Waals surface area contributed by atoms with Crippen molar-refractivity contribution < 1.29 is 9.21 Å². The first kappa shape index (κ1) is 15.8. The number of hydrogen-bond donors (Lipinski definition) is 1. The molecule has 0 aliphatic carbocycles. The SMILES string of the molecule is Cc1c(C(=O)Nc2nc(-c3cccnc3)cs2)oc2c(Cl)cccc12. The van der Waals surface area contributed by atoms with Crippen molar-refractivity contribution in [2.75, 3.05) is 5.32 Å². The first-order chi connectivity index (χ1) is 12.1. The third kappa shape index (κ3) is 2.90. The molecule has 0 bridgehead atoms. The number of aryl methyl sites for hydroxylation is 1. The van der Waals surface area contributed by atoms with Crippen molar-refractivity contribution in [1.82, 2.24) is 9.97 Å². The molecule has 0 aliphatic heterocycles. The number of aromatic nitrogens is 2. The molecule has 0 saturated carbocycles. The van der Waals surface area contributed by atoms with E-state index in [2.05, 4.69) is 15.3 Å². The molecular weight excluding hydrogens is 358 g/mol. The van der Waals surface area contributed by atoms with Gasteiger partial charge in [0, 0.05) is 34.3 Å². The molecule has 0 atom stereocenters. The molecule has 4 rings (SSSR count). The summed E-state index contributed by atoms with van der Waals surface area (Å²) in [5.41, 5.74) is 2.92. The van der Waals surface area contributed by atoms with Crippen molar-refractivity contribution in [2.24, 2.45) is 0 Å². The molecule has 7 heteroatoms. The van der Waals surface area contributed by atoms with Gasteiger partial charge in [-0.2, -0.15) is 0 Å². The number of thiazole rings is 1. The Kier molecular flexibility index (Phi) is 3.99. The largest absolute Gasteiger partial charge is 0.449 e. The van der Waals surface area contributed by atoms with E-state index in [-0.39, 0.29) is 11.7 Å². The Morgan fingerprint density at radius 1 is 1.28 bits per heavy atom. The average Bonchev–Trinajstić information content (AvgIpc) is 3.22. The first-order valence-electron chi connectivity index (χ1n) is 7.48. The van der Waals surface area contributed by atoms with E-state index >= 15 is 0 Å². The van der Waals surface area contributed by atoms with E-state index in [9.17, 15) is 4.79 Å². The van der Waals surface area contributed by atoms with Crippen LogP contribution in [0.15, 0.2) is 52.5 Å². The maximum atomic E-state index is 12.6. The molecule has 5 nitrogen and oxygen atoms in total. The number of hydrogen-bond acceptors (Lipinski definition) is 5. The summed E-state index contributed by atoms with van der Waals surface area (Å²) in [4.78, 5) is 21.1. The Labute approximate surface area is 152 Å². The number of para-hydroxylation sites is 1. The summed E-state index contributed by atoms with van der Waals surface area (Å²) in [5, 5.41) is 6.45. The van der Waals surface area contributed by atoms with Gasteiger partial charge in [-0.25, -0.2) is 4.98 Å². The van der Waals surface area contributed by atoms with Gasteiger partial charge in [0.2, 0.25) is 0 Å². The lowest BCUT2D eigenvalue weighted by Gasteiger charge is -1.99. The van der Waals surface area contributed by atoms with Crippen LogP contribution in [0.25, 0.3) is 22.2 Å². The molecule has 1 N–H and O–H groups in total. The van der Waals surface area contributed by atoms with Crippen molar-refractivity contribution in [1.29, 1.82) is 0 Å². The molecule has 124 valence electrons. The van der Waals surface area contributed by atoms with E-state index in [1.807, 2.05) is 36.6 Å². The predicted octanol–water partition coefficient (Wildman–Crippen LogP) is 5.17. The third-order valence-corrected chi connectivity index (χ3v) is 4.86. The number of furan rings is 1. The fourth-order valence-corrected chi connectivity index (χ4v) is 3.49. The number of fused-ring (bicyclic) bond motifs is 1. The van der Waals surface area contributed by atoms with E-state index in [0.717, 1.165) is 22.2 Å². The Balaban J connectivity index is 1.62. The Morgan fingerprint density at radius 3 is 2.92 bits per heavy atom. The number of anilines is 1. The predicted molar refractivity (Wildman–Crippen MR) is 99.3 cm³/mol. The number of nitrogens with zero attached hydrogens (tertiary/aromatic N) is 2. The van der Waals surface area contributed by atoms with Crippen molar-refractivity contribution in [3.8, 4) is 11.3 Å². The first-order valence-corrected chi connectivity index (χ1v) is 8.74. The monoisotopic (exact) mass is 369 g/mol. The number of rotatable bonds is 3. The number of carbonyl (C=O) groups excluding carboxylic acids is 1. The highest BCUT2D eigenvalue weighted by Gasteiger charge is 2.20. The van der Waals surface area contributed by atoms with Gasteiger partial charge in [0.25, 0.3) is 5.91 Å². The molecule has 0 unspecified atom stereocenters. The number of amides is 1. The molecule has 4 aromatic rings. The topological polar surface area (TPSA) is 68.0 Å². The second-order valence-corrected chi connectivity index (χ2v) is 6.67. The lowest BCUT2D eigenvalue weighted by Crippen LogP contribution is -2.11. The van der Waals surface area contributed by atoms with Gasteiger partial charge in [-0.15, -0.1) is 11.3 Å². The number of carbonyl (C=O) groups is 1. The summed E-state index contributed by atoms with van der Waals surface area (Å²) >= 11 is 7.48. The molecule has 0 saturated heterocycles. The van der Waals surface area contributed by atoms with E-state index in [4.69, 9.17) is 16.0 Å². The Morgan fingerprint density at radius 2 is 2.16 bits per heavy atom. The number of benzene rings is 1. The fraction of sp³-hybridized carbons (Fsp3) is 0.0556. The van der Waals surface area contributed by atoms with Crippen LogP contribution in [0.4, 0.5) is 5.13 Å². The lowest BCUT2D eigenvalue weighted by molar-refractivity contribution is 0.0998. The van der Waals surface area contributed by atoms with Crippen LogP contribution in [0.1, 0.15) is 16.1 Å². The summed E-state index contributed by atoms with van der Waals surface area (Å²) in [6, 6.07) is 9.19. The second kappa shape index (κ2) is 6.31. The third-order valence-electron chi connectivity index (χ3n) is 3.80.